The Kier molecular flexibility index (Phi) is 7.02. The molecule has 0 bridgehead atoms. The molecule has 0 saturated heterocycles. The quantitative estimate of drug-likeness (QED) is 0.759. The molecule has 0 aliphatic heterocycles. The number of carbonyl (C=O) groups excluding carboxylic acids is 1. The number of carbonyl (C=O) groups is 1. The third kappa shape index (κ3) is 8.92. The first-order valence-electron chi connectivity index (χ1n) is 7.24. The van der Waals surface area contributed by atoms with Gasteiger partial charge in [0, 0.05) is 18.6 Å². The predicted molar refractivity (Wildman–Crippen MR) is 83.6 cm³/mol. The minimum atomic E-state index is -0.421. The summed E-state index contributed by atoms with van der Waals surface area (Å²) in [5, 5.41) is 5.99. The molecule has 0 radical (unpaired) electrons. The number of hydrogen-bond donors (Lipinski definition) is 2. The normalized spacial score (nSPS) is 12.6. The van der Waals surface area contributed by atoms with Crippen LogP contribution in [-0.2, 0) is 4.74 Å². The zero-order chi connectivity index (χ0) is 15.7. The van der Waals surface area contributed by atoms with E-state index in [0.29, 0.717) is 19.7 Å². The average molecular weight is 294 g/mol. The van der Waals surface area contributed by atoms with Crippen molar-refractivity contribution in [3.8, 4) is 5.75 Å². The number of benzene rings is 1. The monoisotopic (exact) mass is 294 g/mol. The molecule has 1 unspecified atom stereocenters. The van der Waals surface area contributed by atoms with Gasteiger partial charge in [-0.2, -0.15) is 0 Å². The molecule has 0 aliphatic carbocycles. The van der Waals surface area contributed by atoms with Gasteiger partial charge in [-0.3, -0.25) is 0 Å². The second-order valence-electron chi connectivity index (χ2n) is 5.94. The van der Waals surface area contributed by atoms with Crippen molar-refractivity contribution in [2.75, 3.05) is 19.7 Å². The fraction of sp³-hybridized carbons (Fsp3) is 0.562. The zero-order valence-electron chi connectivity index (χ0n) is 13.3. The highest BCUT2D eigenvalue weighted by Gasteiger charge is 2.11. The molecule has 0 spiro atoms. The fourth-order valence-corrected chi connectivity index (χ4v) is 1.59. The van der Waals surface area contributed by atoms with Gasteiger partial charge in [0.1, 0.15) is 18.5 Å². The van der Waals surface area contributed by atoms with Crippen molar-refractivity contribution in [2.24, 2.45) is 0 Å². The van der Waals surface area contributed by atoms with Gasteiger partial charge in [0.15, 0.2) is 0 Å². The summed E-state index contributed by atoms with van der Waals surface area (Å²) in [6.07, 6.45) is -0.726. The molecule has 1 rings (SSSR count). The van der Waals surface area contributed by atoms with Gasteiger partial charge in [0.2, 0.25) is 0 Å². The maximum absolute atomic E-state index is 11.6. The van der Waals surface area contributed by atoms with Gasteiger partial charge in [-0.05, 0) is 39.8 Å². The number of amides is 1. The standard InChI is InChI=1S/C16H26N2O3/c1-13(12-20-14-8-6-5-7-9-14)21-15(19)17-10-11-18-16(2,3)4/h5-9,13,18H,10-12H2,1-4H3,(H,17,19). The maximum Gasteiger partial charge on any atom is 0.407 e. The lowest BCUT2D eigenvalue weighted by atomic mass is 10.1. The van der Waals surface area contributed by atoms with E-state index in [4.69, 9.17) is 9.47 Å². The molecule has 0 saturated carbocycles. The van der Waals surface area contributed by atoms with E-state index in [9.17, 15) is 4.79 Å². The van der Waals surface area contributed by atoms with Crippen LogP contribution in [0.1, 0.15) is 27.7 Å². The number of ether oxygens (including phenoxy) is 2. The lowest BCUT2D eigenvalue weighted by molar-refractivity contribution is 0.0754. The highest BCUT2D eigenvalue weighted by atomic mass is 16.6. The SMILES string of the molecule is CC(COc1ccccc1)OC(=O)NCCNC(C)(C)C. The van der Waals surface area contributed by atoms with Crippen LogP contribution >= 0.6 is 0 Å². The summed E-state index contributed by atoms with van der Waals surface area (Å²) in [7, 11) is 0. The Bertz CT molecular complexity index is 415. The number of rotatable bonds is 7. The number of para-hydroxylation sites is 1. The van der Waals surface area contributed by atoms with Gasteiger partial charge in [0.05, 0.1) is 0 Å². The van der Waals surface area contributed by atoms with Crippen LogP contribution in [0.4, 0.5) is 4.79 Å². The van der Waals surface area contributed by atoms with Crippen molar-refractivity contribution in [1.82, 2.24) is 10.6 Å². The fourth-order valence-electron chi connectivity index (χ4n) is 1.59. The molecular formula is C16H26N2O3. The summed E-state index contributed by atoms with van der Waals surface area (Å²) in [5.74, 6) is 0.766. The minimum Gasteiger partial charge on any atom is -0.490 e. The van der Waals surface area contributed by atoms with E-state index in [-0.39, 0.29) is 11.6 Å². The van der Waals surface area contributed by atoms with Crippen molar-refractivity contribution < 1.29 is 14.3 Å². The first-order valence-corrected chi connectivity index (χ1v) is 7.24. The van der Waals surface area contributed by atoms with Crippen molar-refractivity contribution >= 4 is 6.09 Å². The lowest BCUT2D eigenvalue weighted by Gasteiger charge is -2.20. The van der Waals surface area contributed by atoms with Crippen molar-refractivity contribution in [3.63, 3.8) is 0 Å². The van der Waals surface area contributed by atoms with Gasteiger partial charge in [0.25, 0.3) is 0 Å². The first kappa shape index (κ1) is 17.3. The summed E-state index contributed by atoms with van der Waals surface area (Å²) in [5.41, 5.74) is 0.0440. The average Bonchev–Trinajstić information content (AvgIpc) is 2.41. The minimum absolute atomic E-state index is 0.0440. The van der Waals surface area contributed by atoms with Gasteiger partial charge in [-0.1, -0.05) is 18.2 Å². The molecule has 2 N–H and O–H groups in total. The smallest absolute Gasteiger partial charge is 0.407 e. The van der Waals surface area contributed by atoms with Crippen LogP contribution in [0.15, 0.2) is 30.3 Å². The lowest BCUT2D eigenvalue weighted by Crippen LogP contribution is -2.42. The highest BCUT2D eigenvalue weighted by molar-refractivity contribution is 5.67. The molecule has 0 heterocycles. The molecule has 1 atom stereocenters. The molecule has 118 valence electrons. The molecule has 1 amide bonds. The second kappa shape index (κ2) is 8.52. The van der Waals surface area contributed by atoms with Crippen LogP contribution in [0.25, 0.3) is 0 Å². The van der Waals surface area contributed by atoms with Crippen molar-refractivity contribution in [1.29, 1.82) is 0 Å². The Balaban J connectivity index is 2.13. The van der Waals surface area contributed by atoms with Gasteiger partial charge < -0.3 is 20.1 Å². The zero-order valence-corrected chi connectivity index (χ0v) is 13.3. The van der Waals surface area contributed by atoms with Crippen molar-refractivity contribution in [3.05, 3.63) is 30.3 Å². The molecule has 21 heavy (non-hydrogen) atoms. The summed E-state index contributed by atoms with van der Waals surface area (Å²) in [6, 6.07) is 9.45. The van der Waals surface area contributed by atoms with E-state index in [1.54, 1.807) is 6.92 Å². The van der Waals surface area contributed by atoms with E-state index >= 15 is 0 Å². The second-order valence-corrected chi connectivity index (χ2v) is 5.94. The molecule has 0 aromatic heterocycles. The van der Waals surface area contributed by atoms with Crippen LogP contribution in [-0.4, -0.2) is 37.4 Å². The van der Waals surface area contributed by atoms with Gasteiger partial charge >= 0.3 is 6.09 Å². The Morgan fingerprint density at radius 1 is 1.19 bits per heavy atom. The number of alkyl carbamates (subject to hydrolysis) is 1. The molecule has 0 aliphatic rings. The van der Waals surface area contributed by atoms with E-state index < -0.39 is 6.09 Å². The predicted octanol–water partition coefficient (Wildman–Crippen LogP) is 2.57. The molecule has 1 aromatic rings. The highest BCUT2D eigenvalue weighted by Crippen LogP contribution is 2.09. The third-order valence-electron chi connectivity index (χ3n) is 2.59. The van der Waals surface area contributed by atoms with Crippen LogP contribution in [0.5, 0.6) is 5.75 Å². The topological polar surface area (TPSA) is 59.6 Å². The summed E-state index contributed by atoms with van der Waals surface area (Å²) in [4.78, 5) is 11.6. The van der Waals surface area contributed by atoms with Crippen LogP contribution < -0.4 is 15.4 Å². The van der Waals surface area contributed by atoms with Crippen LogP contribution in [0.3, 0.4) is 0 Å². The molecule has 5 heteroatoms. The molecule has 0 fully saturated rings. The number of hydrogen-bond acceptors (Lipinski definition) is 4. The number of nitrogens with one attached hydrogen (secondary N) is 2. The largest absolute Gasteiger partial charge is 0.490 e. The maximum atomic E-state index is 11.6. The van der Waals surface area contributed by atoms with Crippen LogP contribution in [0, 0.1) is 0 Å². The van der Waals surface area contributed by atoms with E-state index in [1.165, 1.54) is 0 Å². The van der Waals surface area contributed by atoms with E-state index in [0.717, 1.165) is 5.75 Å². The Morgan fingerprint density at radius 2 is 1.86 bits per heavy atom. The van der Waals surface area contributed by atoms with Crippen LogP contribution in [0.2, 0.25) is 0 Å². The van der Waals surface area contributed by atoms with E-state index in [1.807, 2.05) is 30.3 Å². The Morgan fingerprint density at radius 3 is 2.48 bits per heavy atom. The summed E-state index contributed by atoms with van der Waals surface area (Å²) >= 11 is 0. The molecule has 1 aromatic carbocycles. The third-order valence-corrected chi connectivity index (χ3v) is 2.59. The molecular weight excluding hydrogens is 268 g/mol. The summed E-state index contributed by atoms with van der Waals surface area (Å²) < 4.78 is 10.7. The van der Waals surface area contributed by atoms with Gasteiger partial charge in [-0.15, -0.1) is 0 Å². The first-order chi connectivity index (χ1) is 9.87. The summed E-state index contributed by atoms with van der Waals surface area (Å²) in [6.45, 7) is 9.60. The Hall–Kier alpha value is -1.75. The van der Waals surface area contributed by atoms with Gasteiger partial charge in [-0.25, -0.2) is 4.79 Å². The Labute approximate surface area is 127 Å². The molecule has 5 nitrogen and oxygen atoms in total. The van der Waals surface area contributed by atoms with Crippen molar-refractivity contribution in [2.45, 2.75) is 39.3 Å². The van der Waals surface area contributed by atoms with E-state index in [2.05, 4.69) is 31.4 Å².